The molecule has 1 unspecified atom stereocenters. The van der Waals surface area contributed by atoms with Crippen molar-refractivity contribution in [2.24, 2.45) is 5.73 Å². The van der Waals surface area contributed by atoms with Crippen LogP contribution in [-0.2, 0) is 4.79 Å². The Morgan fingerprint density at radius 2 is 2.56 bits per heavy atom. The van der Waals surface area contributed by atoms with Gasteiger partial charge in [-0.1, -0.05) is 11.8 Å². The second-order valence-corrected chi connectivity index (χ2v) is 2.77. The van der Waals surface area contributed by atoms with E-state index < -0.39 is 0 Å². The van der Waals surface area contributed by atoms with Crippen LogP contribution in [0.2, 0.25) is 0 Å². The van der Waals surface area contributed by atoms with Crippen molar-refractivity contribution in [2.75, 3.05) is 0 Å². The highest BCUT2D eigenvalue weighted by atomic mass is 32.2. The molecule has 1 amide bonds. The van der Waals surface area contributed by atoms with Crippen molar-refractivity contribution in [3.8, 4) is 0 Å². The van der Waals surface area contributed by atoms with Crippen LogP contribution >= 0.6 is 11.8 Å². The van der Waals surface area contributed by atoms with Crippen molar-refractivity contribution < 1.29 is 4.79 Å². The molecule has 0 spiro atoms. The normalized spacial score (nSPS) is 25.1. The average Bonchev–Trinajstić information content (AvgIpc) is 2.13. The minimum atomic E-state index is -0.206. The van der Waals surface area contributed by atoms with Crippen LogP contribution in [0.1, 0.15) is 6.92 Å². The molecule has 0 radical (unpaired) electrons. The Morgan fingerprint density at radius 3 is 2.78 bits per heavy atom. The lowest BCUT2D eigenvalue weighted by molar-refractivity contribution is -0.126. The maximum Gasteiger partial charge on any atom is 0.225 e. The highest BCUT2D eigenvalue weighted by molar-refractivity contribution is 8.02. The zero-order chi connectivity index (χ0) is 6.85. The number of thioether (sulfide) groups is 1. The zero-order valence-corrected chi connectivity index (χ0v) is 5.89. The largest absolute Gasteiger partial charge is 0.302 e. The van der Waals surface area contributed by atoms with Gasteiger partial charge in [-0.2, -0.15) is 0 Å². The van der Waals surface area contributed by atoms with Gasteiger partial charge in [0.2, 0.25) is 5.91 Å². The van der Waals surface area contributed by atoms with E-state index in [0.717, 1.165) is 0 Å². The number of carbonyl (C=O) groups is 1. The fourth-order valence-corrected chi connectivity index (χ4v) is 1.33. The van der Waals surface area contributed by atoms with E-state index in [0.29, 0.717) is 0 Å². The summed E-state index contributed by atoms with van der Waals surface area (Å²) in [7, 11) is 0. The molecular formula is C5H8N2OS. The maximum atomic E-state index is 10.6. The number of amides is 1. The van der Waals surface area contributed by atoms with Crippen LogP contribution in [0.5, 0.6) is 0 Å². The van der Waals surface area contributed by atoms with E-state index in [9.17, 15) is 4.79 Å². The van der Waals surface area contributed by atoms with Gasteiger partial charge in [0.25, 0.3) is 0 Å². The molecule has 0 aromatic heterocycles. The molecular weight excluding hydrogens is 136 g/mol. The van der Waals surface area contributed by atoms with E-state index in [2.05, 4.69) is 0 Å². The SMILES string of the molecule is CC(=O)N1C=CSC1N. The van der Waals surface area contributed by atoms with Crippen molar-refractivity contribution >= 4 is 17.7 Å². The molecule has 1 atom stereocenters. The predicted molar refractivity (Wildman–Crippen MR) is 37.2 cm³/mol. The minimum Gasteiger partial charge on any atom is -0.302 e. The highest BCUT2D eigenvalue weighted by Gasteiger charge is 2.17. The Morgan fingerprint density at radius 1 is 1.89 bits per heavy atom. The second-order valence-electron chi connectivity index (χ2n) is 1.74. The molecule has 1 aliphatic rings. The highest BCUT2D eigenvalue weighted by Crippen LogP contribution is 2.19. The van der Waals surface area contributed by atoms with Crippen LogP contribution in [0.15, 0.2) is 11.6 Å². The summed E-state index contributed by atoms with van der Waals surface area (Å²) in [5.41, 5.74) is 5.28. The molecule has 0 aliphatic carbocycles. The monoisotopic (exact) mass is 144 g/mol. The Hall–Kier alpha value is -0.480. The van der Waals surface area contributed by atoms with Crippen molar-refractivity contribution in [3.05, 3.63) is 11.6 Å². The zero-order valence-electron chi connectivity index (χ0n) is 5.07. The van der Waals surface area contributed by atoms with E-state index >= 15 is 0 Å². The molecule has 1 aliphatic heterocycles. The first kappa shape index (κ1) is 6.64. The van der Waals surface area contributed by atoms with Gasteiger partial charge in [-0.25, -0.2) is 0 Å². The number of nitrogens with two attached hydrogens (primary N) is 1. The summed E-state index contributed by atoms with van der Waals surface area (Å²) in [5, 5.41) is 1.81. The van der Waals surface area contributed by atoms with Crippen LogP contribution in [0.25, 0.3) is 0 Å². The van der Waals surface area contributed by atoms with Gasteiger partial charge in [0, 0.05) is 13.1 Å². The summed E-state index contributed by atoms with van der Waals surface area (Å²) in [5.74, 6) is -0.0104. The third kappa shape index (κ3) is 1.25. The Kier molecular flexibility index (Phi) is 1.78. The van der Waals surface area contributed by atoms with Gasteiger partial charge in [0.05, 0.1) is 0 Å². The molecule has 0 saturated carbocycles. The Labute approximate surface area is 57.9 Å². The Balaban J connectivity index is 2.59. The van der Waals surface area contributed by atoms with Crippen LogP contribution in [-0.4, -0.2) is 16.3 Å². The van der Waals surface area contributed by atoms with E-state index in [4.69, 9.17) is 5.73 Å². The molecule has 0 saturated heterocycles. The standard InChI is InChI=1S/C5H8N2OS/c1-4(8)7-2-3-9-5(7)6/h2-3,5H,6H2,1H3. The molecule has 2 N–H and O–H groups in total. The number of hydrogen-bond acceptors (Lipinski definition) is 3. The number of rotatable bonds is 0. The smallest absolute Gasteiger partial charge is 0.225 e. The van der Waals surface area contributed by atoms with Crippen LogP contribution in [0.3, 0.4) is 0 Å². The lowest BCUT2D eigenvalue weighted by atomic mass is 10.6. The van der Waals surface area contributed by atoms with Gasteiger partial charge < -0.3 is 5.73 Å². The molecule has 9 heavy (non-hydrogen) atoms. The molecule has 0 bridgehead atoms. The summed E-state index contributed by atoms with van der Waals surface area (Å²) >= 11 is 1.44. The predicted octanol–water partition coefficient (Wildman–Crippen LogP) is 0.295. The molecule has 4 heteroatoms. The summed E-state index contributed by atoms with van der Waals surface area (Å²) in [6, 6.07) is 0. The lowest BCUT2D eigenvalue weighted by Gasteiger charge is -2.15. The number of nitrogens with zero attached hydrogens (tertiary/aromatic N) is 1. The van der Waals surface area contributed by atoms with Crippen molar-refractivity contribution in [2.45, 2.75) is 12.4 Å². The van der Waals surface area contributed by atoms with Crippen LogP contribution in [0.4, 0.5) is 0 Å². The van der Waals surface area contributed by atoms with Gasteiger partial charge >= 0.3 is 0 Å². The Bertz CT molecular complexity index is 157. The van der Waals surface area contributed by atoms with Crippen LogP contribution < -0.4 is 5.73 Å². The first-order valence-electron chi connectivity index (χ1n) is 2.58. The number of hydrogen-bond donors (Lipinski definition) is 1. The quantitative estimate of drug-likeness (QED) is 0.531. The maximum absolute atomic E-state index is 10.6. The molecule has 1 rings (SSSR count). The second kappa shape index (κ2) is 2.41. The third-order valence-electron chi connectivity index (χ3n) is 1.08. The summed E-state index contributed by atoms with van der Waals surface area (Å²) in [4.78, 5) is 12.1. The molecule has 0 aromatic rings. The van der Waals surface area contributed by atoms with Crippen LogP contribution in [0, 0.1) is 0 Å². The lowest BCUT2D eigenvalue weighted by Crippen LogP contribution is -2.35. The molecule has 3 nitrogen and oxygen atoms in total. The van der Waals surface area contributed by atoms with Gasteiger partial charge in [-0.05, 0) is 5.41 Å². The fourth-order valence-electron chi connectivity index (χ4n) is 0.616. The molecule has 0 aromatic carbocycles. The van der Waals surface area contributed by atoms with E-state index in [1.165, 1.54) is 23.6 Å². The van der Waals surface area contributed by atoms with Gasteiger partial charge in [0.15, 0.2) is 0 Å². The first-order valence-corrected chi connectivity index (χ1v) is 3.53. The first-order chi connectivity index (χ1) is 4.22. The molecule has 0 fully saturated rings. The van der Waals surface area contributed by atoms with Gasteiger partial charge in [-0.3, -0.25) is 9.69 Å². The van der Waals surface area contributed by atoms with E-state index in [-0.39, 0.29) is 11.4 Å². The number of carbonyl (C=O) groups excluding carboxylic acids is 1. The third-order valence-corrected chi connectivity index (χ3v) is 1.86. The topological polar surface area (TPSA) is 46.3 Å². The van der Waals surface area contributed by atoms with Crippen molar-refractivity contribution in [3.63, 3.8) is 0 Å². The van der Waals surface area contributed by atoms with Crippen molar-refractivity contribution in [1.29, 1.82) is 0 Å². The summed E-state index contributed by atoms with van der Waals surface area (Å²) in [6.45, 7) is 1.50. The minimum absolute atomic E-state index is 0.0104. The fraction of sp³-hybridized carbons (Fsp3) is 0.400. The summed E-state index contributed by atoms with van der Waals surface area (Å²) < 4.78 is 0. The molecule has 50 valence electrons. The van der Waals surface area contributed by atoms with Gasteiger partial charge in [-0.15, -0.1) is 0 Å². The summed E-state index contributed by atoms with van der Waals surface area (Å²) in [6.07, 6.45) is 1.69. The van der Waals surface area contributed by atoms with E-state index in [1.54, 1.807) is 6.20 Å². The molecule has 1 heterocycles. The van der Waals surface area contributed by atoms with Crippen molar-refractivity contribution in [1.82, 2.24) is 4.90 Å². The van der Waals surface area contributed by atoms with Gasteiger partial charge in [0.1, 0.15) is 5.50 Å². The average molecular weight is 144 g/mol. The van der Waals surface area contributed by atoms with E-state index in [1.807, 2.05) is 5.41 Å².